The summed E-state index contributed by atoms with van der Waals surface area (Å²) >= 11 is 6.06. The van der Waals surface area contributed by atoms with Crippen molar-refractivity contribution in [2.75, 3.05) is 0 Å². The van der Waals surface area contributed by atoms with Crippen LogP contribution in [0.15, 0.2) is 48.5 Å². The predicted octanol–water partition coefficient (Wildman–Crippen LogP) is 5.30. The van der Waals surface area contributed by atoms with Crippen LogP contribution in [0.3, 0.4) is 0 Å². The van der Waals surface area contributed by atoms with E-state index in [2.05, 4.69) is 6.92 Å². The second kappa shape index (κ2) is 7.25. The zero-order valence-electron chi connectivity index (χ0n) is 11.7. The first-order valence-corrected chi connectivity index (χ1v) is 7.48. The molecule has 0 aliphatic rings. The second-order valence-electron chi connectivity index (χ2n) is 4.96. The Balaban J connectivity index is 2.10. The third-order valence-electron chi connectivity index (χ3n) is 3.40. The van der Waals surface area contributed by atoms with Gasteiger partial charge in [-0.2, -0.15) is 0 Å². The fourth-order valence-corrected chi connectivity index (χ4v) is 2.42. The highest BCUT2D eigenvalue weighted by molar-refractivity contribution is 6.34. The summed E-state index contributed by atoms with van der Waals surface area (Å²) in [5, 5.41) is 0.504. The fourth-order valence-electron chi connectivity index (χ4n) is 2.20. The number of rotatable bonds is 6. The van der Waals surface area contributed by atoms with Crippen LogP contribution in [0.2, 0.25) is 5.02 Å². The van der Waals surface area contributed by atoms with E-state index in [4.69, 9.17) is 11.6 Å². The number of hydrogen-bond acceptors (Lipinski definition) is 1. The molecule has 0 aliphatic heterocycles. The van der Waals surface area contributed by atoms with Gasteiger partial charge in [0.2, 0.25) is 0 Å². The first-order valence-electron chi connectivity index (χ1n) is 7.10. The first-order chi connectivity index (χ1) is 9.72. The van der Waals surface area contributed by atoms with E-state index in [1.54, 1.807) is 12.1 Å². The van der Waals surface area contributed by atoms with Gasteiger partial charge < -0.3 is 0 Å². The molecule has 0 amide bonds. The zero-order valence-corrected chi connectivity index (χ0v) is 12.5. The molecule has 0 N–H and O–H groups in total. The molecule has 0 saturated heterocycles. The van der Waals surface area contributed by atoms with Crippen LogP contribution >= 0.6 is 11.6 Å². The topological polar surface area (TPSA) is 17.1 Å². The molecule has 1 nitrogen and oxygen atoms in total. The second-order valence-corrected chi connectivity index (χ2v) is 5.37. The lowest BCUT2D eigenvalue weighted by Crippen LogP contribution is -2.02. The zero-order chi connectivity index (χ0) is 14.4. The molecule has 0 bridgehead atoms. The number of hydrogen-bond donors (Lipinski definition) is 0. The lowest BCUT2D eigenvalue weighted by Gasteiger charge is -2.05. The van der Waals surface area contributed by atoms with Gasteiger partial charge in [0.15, 0.2) is 5.78 Å². The van der Waals surface area contributed by atoms with Crippen LogP contribution in [0.4, 0.5) is 0 Å². The van der Waals surface area contributed by atoms with Crippen molar-refractivity contribution >= 4 is 17.4 Å². The first kappa shape index (κ1) is 14.8. The van der Waals surface area contributed by atoms with Crippen LogP contribution in [0.5, 0.6) is 0 Å². The van der Waals surface area contributed by atoms with Crippen molar-refractivity contribution in [3.63, 3.8) is 0 Å². The molecule has 0 heterocycles. The van der Waals surface area contributed by atoms with Crippen molar-refractivity contribution in [1.29, 1.82) is 0 Å². The van der Waals surface area contributed by atoms with Crippen LogP contribution in [-0.2, 0) is 6.42 Å². The van der Waals surface area contributed by atoms with E-state index in [1.807, 2.05) is 36.4 Å². The van der Waals surface area contributed by atoms with Gasteiger partial charge in [-0.15, -0.1) is 0 Å². The maximum absolute atomic E-state index is 12.4. The molecular formula is C18H19ClO. The maximum atomic E-state index is 12.4. The highest BCUT2D eigenvalue weighted by Crippen LogP contribution is 2.19. The van der Waals surface area contributed by atoms with Crippen LogP contribution in [-0.4, -0.2) is 5.78 Å². The minimum Gasteiger partial charge on any atom is -0.289 e. The van der Waals surface area contributed by atoms with Crippen molar-refractivity contribution in [2.45, 2.75) is 32.6 Å². The Hall–Kier alpha value is -1.60. The number of carbonyl (C=O) groups excluding carboxylic acids is 1. The van der Waals surface area contributed by atoms with E-state index in [0.717, 1.165) is 6.42 Å². The highest BCUT2D eigenvalue weighted by atomic mass is 35.5. The lowest BCUT2D eigenvalue weighted by molar-refractivity contribution is 0.103. The quantitative estimate of drug-likeness (QED) is 0.520. The number of halogens is 1. The number of benzene rings is 2. The Morgan fingerprint density at radius 1 is 1.00 bits per heavy atom. The largest absolute Gasteiger partial charge is 0.289 e. The van der Waals surface area contributed by atoms with Crippen LogP contribution in [0.1, 0.15) is 47.7 Å². The SMILES string of the molecule is CCCCCc1ccc(C(=O)c2ccccc2Cl)cc1. The average molecular weight is 287 g/mol. The summed E-state index contributed by atoms with van der Waals surface area (Å²) in [6.07, 6.45) is 4.76. The van der Waals surface area contributed by atoms with Gasteiger partial charge in [0.25, 0.3) is 0 Å². The number of carbonyl (C=O) groups is 1. The Morgan fingerprint density at radius 3 is 2.35 bits per heavy atom. The average Bonchev–Trinajstić information content (AvgIpc) is 2.48. The molecule has 0 radical (unpaired) electrons. The monoisotopic (exact) mass is 286 g/mol. The van der Waals surface area contributed by atoms with Crippen LogP contribution < -0.4 is 0 Å². The van der Waals surface area contributed by atoms with Gasteiger partial charge in [0.05, 0.1) is 5.02 Å². The number of ketones is 1. The van der Waals surface area contributed by atoms with E-state index in [-0.39, 0.29) is 5.78 Å². The summed E-state index contributed by atoms with van der Waals surface area (Å²) in [6.45, 7) is 2.20. The van der Waals surface area contributed by atoms with E-state index < -0.39 is 0 Å². The van der Waals surface area contributed by atoms with Gasteiger partial charge >= 0.3 is 0 Å². The van der Waals surface area contributed by atoms with E-state index in [0.29, 0.717) is 16.1 Å². The molecule has 0 fully saturated rings. The van der Waals surface area contributed by atoms with Gasteiger partial charge in [-0.25, -0.2) is 0 Å². The van der Waals surface area contributed by atoms with Crippen molar-refractivity contribution in [3.05, 3.63) is 70.2 Å². The standard InChI is InChI=1S/C18H19ClO/c1-2-3-4-7-14-10-12-15(13-11-14)18(20)16-8-5-6-9-17(16)19/h5-6,8-13H,2-4,7H2,1H3. The van der Waals surface area contributed by atoms with Gasteiger partial charge in [0.1, 0.15) is 0 Å². The third kappa shape index (κ3) is 3.71. The molecular weight excluding hydrogens is 268 g/mol. The summed E-state index contributed by atoms with van der Waals surface area (Å²) in [6, 6.07) is 15.0. The summed E-state index contributed by atoms with van der Waals surface area (Å²) in [4.78, 5) is 12.4. The molecule has 104 valence electrons. The minimum atomic E-state index is -0.0179. The molecule has 0 unspecified atom stereocenters. The molecule has 0 aromatic heterocycles. The van der Waals surface area contributed by atoms with E-state index in [9.17, 15) is 4.79 Å². The normalized spacial score (nSPS) is 10.5. The van der Waals surface area contributed by atoms with Gasteiger partial charge in [-0.1, -0.05) is 67.8 Å². The summed E-state index contributed by atoms with van der Waals surface area (Å²) in [5.41, 5.74) is 2.54. The van der Waals surface area contributed by atoms with Crippen molar-refractivity contribution in [2.24, 2.45) is 0 Å². The molecule has 0 atom stereocenters. The van der Waals surface area contributed by atoms with Gasteiger partial charge in [-0.05, 0) is 30.5 Å². The van der Waals surface area contributed by atoms with E-state index in [1.165, 1.54) is 24.8 Å². The lowest BCUT2D eigenvalue weighted by atomic mass is 10.00. The molecule has 0 saturated carbocycles. The smallest absolute Gasteiger partial charge is 0.194 e. The summed E-state index contributed by atoms with van der Waals surface area (Å²) in [5.74, 6) is -0.0179. The number of aryl methyl sites for hydroxylation is 1. The molecule has 0 aliphatic carbocycles. The van der Waals surface area contributed by atoms with Crippen molar-refractivity contribution < 1.29 is 4.79 Å². The Bertz CT molecular complexity index is 572. The Labute approximate surface area is 125 Å². The molecule has 2 aromatic rings. The highest BCUT2D eigenvalue weighted by Gasteiger charge is 2.11. The van der Waals surface area contributed by atoms with Crippen LogP contribution in [0, 0.1) is 0 Å². The molecule has 2 heteroatoms. The van der Waals surface area contributed by atoms with Crippen molar-refractivity contribution in [3.8, 4) is 0 Å². The molecule has 2 aromatic carbocycles. The maximum Gasteiger partial charge on any atom is 0.194 e. The van der Waals surface area contributed by atoms with Crippen LogP contribution in [0.25, 0.3) is 0 Å². The van der Waals surface area contributed by atoms with Gasteiger partial charge in [-0.3, -0.25) is 4.79 Å². The Kier molecular flexibility index (Phi) is 5.37. The fraction of sp³-hybridized carbons (Fsp3) is 0.278. The summed E-state index contributed by atoms with van der Waals surface area (Å²) in [7, 11) is 0. The number of unbranched alkanes of at least 4 members (excludes halogenated alkanes) is 2. The molecule has 0 spiro atoms. The van der Waals surface area contributed by atoms with Crippen molar-refractivity contribution in [1.82, 2.24) is 0 Å². The Morgan fingerprint density at radius 2 is 1.70 bits per heavy atom. The predicted molar refractivity (Wildman–Crippen MR) is 84.6 cm³/mol. The third-order valence-corrected chi connectivity index (χ3v) is 3.73. The summed E-state index contributed by atoms with van der Waals surface area (Å²) < 4.78 is 0. The molecule has 2 rings (SSSR count). The minimum absolute atomic E-state index is 0.0179. The van der Waals surface area contributed by atoms with Gasteiger partial charge in [0, 0.05) is 11.1 Å². The molecule has 20 heavy (non-hydrogen) atoms. The van der Waals surface area contributed by atoms with E-state index >= 15 is 0 Å².